The number of pyridine rings is 1. The van der Waals surface area contributed by atoms with Crippen molar-refractivity contribution in [2.75, 3.05) is 5.73 Å². The van der Waals surface area contributed by atoms with Gasteiger partial charge in [-0.2, -0.15) is 0 Å². The minimum absolute atomic E-state index is 0.0266. The molecule has 0 aliphatic rings. The molecule has 2 aromatic heterocycles. The standard InChI is InChI=1S/C10H11N5O2S/c11-10-13-6-9(7-14-10)18(16,17)15-5-8-3-1-2-4-12-8/h1-4,6-7,15H,5H2,(H2,11,13,14). The second-order valence-corrected chi connectivity index (χ2v) is 5.19. The molecule has 0 fully saturated rings. The molecule has 0 amide bonds. The van der Waals surface area contributed by atoms with Crippen molar-refractivity contribution in [3.8, 4) is 0 Å². The van der Waals surface area contributed by atoms with Gasteiger partial charge in [0.2, 0.25) is 16.0 Å². The molecule has 0 radical (unpaired) electrons. The van der Waals surface area contributed by atoms with Crippen LogP contribution in [0.4, 0.5) is 5.95 Å². The summed E-state index contributed by atoms with van der Waals surface area (Å²) in [6.07, 6.45) is 3.90. The molecular weight excluding hydrogens is 254 g/mol. The summed E-state index contributed by atoms with van der Waals surface area (Å²) >= 11 is 0. The predicted molar refractivity (Wildman–Crippen MR) is 64.7 cm³/mol. The molecule has 94 valence electrons. The number of nitrogen functional groups attached to an aromatic ring is 1. The Labute approximate surface area is 104 Å². The van der Waals surface area contributed by atoms with Crippen LogP contribution in [0.5, 0.6) is 0 Å². The molecule has 2 rings (SSSR count). The van der Waals surface area contributed by atoms with Crippen LogP contribution >= 0.6 is 0 Å². The lowest BCUT2D eigenvalue weighted by Gasteiger charge is -2.05. The summed E-state index contributed by atoms with van der Waals surface area (Å²) < 4.78 is 26.1. The number of sulfonamides is 1. The van der Waals surface area contributed by atoms with Gasteiger partial charge in [-0.1, -0.05) is 6.07 Å². The lowest BCUT2D eigenvalue weighted by Crippen LogP contribution is -2.24. The zero-order valence-corrected chi connectivity index (χ0v) is 10.1. The summed E-state index contributed by atoms with van der Waals surface area (Å²) in [7, 11) is -3.65. The summed E-state index contributed by atoms with van der Waals surface area (Å²) in [4.78, 5) is 11.2. The molecule has 3 N–H and O–H groups in total. The van der Waals surface area contributed by atoms with Gasteiger partial charge in [0.1, 0.15) is 4.90 Å². The molecule has 0 spiro atoms. The molecule has 0 bridgehead atoms. The lowest BCUT2D eigenvalue weighted by atomic mass is 10.4. The maximum atomic E-state index is 11.9. The van der Waals surface area contributed by atoms with E-state index in [1.807, 2.05) is 0 Å². The number of nitrogens with two attached hydrogens (primary N) is 1. The molecule has 8 heteroatoms. The molecule has 0 saturated heterocycles. The first-order valence-electron chi connectivity index (χ1n) is 5.05. The highest BCUT2D eigenvalue weighted by Crippen LogP contribution is 2.06. The van der Waals surface area contributed by atoms with E-state index < -0.39 is 10.0 Å². The molecule has 0 aromatic carbocycles. The highest BCUT2D eigenvalue weighted by Gasteiger charge is 2.14. The maximum Gasteiger partial charge on any atom is 0.243 e. The fraction of sp³-hybridized carbons (Fsp3) is 0.100. The third-order valence-corrected chi connectivity index (χ3v) is 3.48. The van der Waals surface area contributed by atoms with Crippen molar-refractivity contribution in [1.82, 2.24) is 19.7 Å². The number of anilines is 1. The Balaban J connectivity index is 2.11. The lowest BCUT2D eigenvalue weighted by molar-refractivity contribution is 0.579. The van der Waals surface area contributed by atoms with Crippen LogP contribution in [0.3, 0.4) is 0 Å². The number of nitrogens with zero attached hydrogens (tertiary/aromatic N) is 3. The van der Waals surface area contributed by atoms with Crippen molar-refractivity contribution >= 4 is 16.0 Å². The average molecular weight is 265 g/mol. The SMILES string of the molecule is Nc1ncc(S(=O)(=O)NCc2ccccn2)cn1. The van der Waals surface area contributed by atoms with Crippen LogP contribution in [-0.2, 0) is 16.6 Å². The van der Waals surface area contributed by atoms with Crippen LogP contribution in [-0.4, -0.2) is 23.4 Å². The van der Waals surface area contributed by atoms with Crippen molar-refractivity contribution in [3.63, 3.8) is 0 Å². The summed E-state index contributed by atoms with van der Waals surface area (Å²) in [6.45, 7) is 0.105. The summed E-state index contributed by atoms with van der Waals surface area (Å²) in [5, 5.41) is 0. The minimum atomic E-state index is -3.65. The van der Waals surface area contributed by atoms with E-state index >= 15 is 0 Å². The third-order valence-electron chi connectivity index (χ3n) is 2.13. The molecule has 7 nitrogen and oxygen atoms in total. The van der Waals surface area contributed by atoms with Crippen LogP contribution < -0.4 is 10.5 Å². The smallest absolute Gasteiger partial charge is 0.243 e. The number of aromatic nitrogens is 3. The van der Waals surface area contributed by atoms with Gasteiger partial charge < -0.3 is 5.73 Å². The quantitative estimate of drug-likeness (QED) is 0.800. The normalized spacial score (nSPS) is 11.3. The van der Waals surface area contributed by atoms with Crippen LogP contribution in [0.2, 0.25) is 0 Å². The van der Waals surface area contributed by atoms with Crippen molar-refractivity contribution in [1.29, 1.82) is 0 Å². The minimum Gasteiger partial charge on any atom is -0.368 e. The molecule has 2 heterocycles. The van der Waals surface area contributed by atoms with E-state index in [2.05, 4.69) is 19.7 Å². The first-order chi connectivity index (χ1) is 8.58. The molecule has 0 unspecified atom stereocenters. The Hall–Kier alpha value is -2.06. The van der Waals surface area contributed by atoms with Gasteiger partial charge in [-0.15, -0.1) is 0 Å². The monoisotopic (exact) mass is 265 g/mol. The molecule has 0 aliphatic heterocycles. The van der Waals surface area contributed by atoms with Gasteiger partial charge in [-0.05, 0) is 12.1 Å². The number of hydrogen-bond acceptors (Lipinski definition) is 6. The predicted octanol–water partition coefficient (Wildman–Crippen LogP) is -0.0677. The van der Waals surface area contributed by atoms with E-state index in [0.717, 1.165) is 12.4 Å². The molecule has 0 atom stereocenters. The number of rotatable bonds is 4. The Kier molecular flexibility index (Phi) is 3.49. The Morgan fingerprint density at radius 1 is 1.17 bits per heavy atom. The van der Waals surface area contributed by atoms with E-state index in [4.69, 9.17) is 5.73 Å². The fourth-order valence-corrected chi connectivity index (χ4v) is 2.11. The van der Waals surface area contributed by atoms with Gasteiger partial charge in [0.15, 0.2) is 0 Å². The van der Waals surface area contributed by atoms with Crippen molar-refractivity contribution < 1.29 is 8.42 Å². The maximum absolute atomic E-state index is 11.9. The van der Waals surface area contributed by atoms with Crippen molar-refractivity contribution in [2.24, 2.45) is 0 Å². The number of hydrogen-bond donors (Lipinski definition) is 2. The topological polar surface area (TPSA) is 111 Å². The second kappa shape index (κ2) is 5.07. The van der Waals surface area contributed by atoms with Crippen molar-refractivity contribution in [2.45, 2.75) is 11.4 Å². The molecular formula is C10H11N5O2S. The van der Waals surface area contributed by atoms with E-state index in [0.29, 0.717) is 5.69 Å². The van der Waals surface area contributed by atoms with Crippen LogP contribution in [0, 0.1) is 0 Å². The van der Waals surface area contributed by atoms with Crippen LogP contribution in [0.25, 0.3) is 0 Å². The molecule has 0 saturated carbocycles. The summed E-state index contributed by atoms with van der Waals surface area (Å²) in [5.74, 6) is 0.0266. The van der Waals surface area contributed by atoms with Gasteiger partial charge in [-0.3, -0.25) is 4.98 Å². The zero-order valence-electron chi connectivity index (χ0n) is 9.31. The highest BCUT2D eigenvalue weighted by molar-refractivity contribution is 7.89. The zero-order chi connectivity index (χ0) is 13.0. The first-order valence-corrected chi connectivity index (χ1v) is 6.53. The van der Waals surface area contributed by atoms with E-state index in [9.17, 15) is 8.42 Å². The van der Waals surface area contributed by atoms with Gasteiger partial charge >= 0.3 is 0 Å². The van der Waals surface area contributed by atoms with Crippen LogP contribution in [0.15, 0.2) is 41.7 Å². The van der Waals surface area contributed by atoms with E-state index in [1.165, 1.54) is 0 Å². The van der Waals surface area contributed by atoms with Gasteiger partial charge in [0.25, 0.3) is 0 Å². The molecule has 18 heavy (non-hydrogen) atoms. The van der Waals surface area contributed by atoms with Crippen LogP contribution in [0.1, 0.15) is 5.69 Å². The second-order valence-electron chi connectivity index (χ2n) is 3.42. The highest BCUT2D eigenvalue weighted by atomic mass is 32.2. The Morgan fingerprint density at radius 3 is 2.50 bits per heavy atom. The van der Waals surface area contributed by atoms with Gasteiger partial charge in [0.05, 0.1) is 24.6 Å². The first kappa shape index (κ1) is 12.4. The molecule has 2 aromatic rings. The fourth-order valence-electron chi connectivity index (χ4n) is 1.22. The average Bonchev–Trinajstić information content (AvgIpc) is 2.38. The van der Waals surface area contributed by atoms with Gasteiger partial charge in [-0.25, -0.2) is 23.1 Å². The van der Waals surface area contributed by atoms with Crippen molar-refractivity contribution in [3.05, 3.63) is 42.5 Å². The Morgan fingerprint density at radius 2 is 1.89 bits per heavy atom. The number of nitrogens with one attached hydrogen (secondary N) is 1. The summed E-state index contributed by atoms with van der Waals surface area (Å²) in [5.41, 5.74) is 5.91. The van der Waals surface area contributed by atoms with E-state index in [1.54, 1.807) is 24.4 Å². The van der Waals surface area contributed by atoms with Gasteiger partial charge in [0, 0.05) is 6.20 Å². The molecule has 0 aliphatic carbocycles. The third kappa shape index (κ3) is 2.99. The van der Waals surface area contributed by atoms with E-state index in [-0.39, 0.29) is 17.4 Å². The largest absolute Gasteiger partial charge is 0.368 e. The summed E-state index contributed by atoms with van der Waals surface area (Å²) in [6, 6.07) is 5.26. The Bertz CT molecular complexity index is 612.